The van der Waals surface area contributed by atoms with Gasteiger partial charge in [-0.05, 0) is 31.9 Å². The minimum atomic E-state index is -3.50. The second kappa shape index (κ2) is 8.04. The molecular weight excluding hydrogens is 390 g/mol. The molecule has 0 atom stereocenters. The molecule has 158 valence electrons. The van der Waals surface area contributed by atoms with Crippen LogP contribution < -0.4 is 0 Å². The van der Waals surface area contributed by atoms with Gasteiger partial charge < -0.3 is 4.90 Å². The smallest absolute Gasteiger partial charge is 0.282 e. The lowest BCUT2D eigenvalue weighted by Crippen LogP contribution is -2.55. The zero-order chi connectivity index (χ0) is 20.6. The largest absolute Gasteiger partial charge is 0.335 e. The van der Waals surface area contributed by atoms with E-state index in [9.17, 15) is 13.2 Å². The van der Waals surface area contributed by atoms with E-state index in [1.54, 1.807) is 16.3 Å². The van der Waals surface area contributed by atoms with E-state index in [0.717, 1.165) is 42.1 Å². The fourth-order valence-corrected chi connectivity index (χ4v) is 5.95. The van der Waals surface area contributed by atoms with Crippen LogP contribution in [0.25, 0.3) is 10.9 Å². The van der Waals surface area contributed by atoms with E-state index in [0.29, 0.717) is 31.9 Å². The lowest BCUT2D eigenvalue weighted by Gasteiger charge is -2.38. The number of carbonyl (C=O) groups is 1. The molecule has 0 unspecified atom stereocenters. The molecule has 1 amide bonds. The number of nitrogens with one attached hydrogen (secondary N) is 1. The van der Waals surface area contributed by atoms with Crippen molar-refractivity contribution < 1.29 is 13.2 Å². The van der Waals surface area contributed by atoms with Gasteiger partial charge in [0.05, 0.1) is 5.52 Å². The molecule has 1 aliphatic heterocycles. The van der Waals surface area contributed by atoms with Gasteiger partial charge in [-0.25, -0.2) is 0 Å². The Kier molecular flexibility index (Phi) is 5.63. The Hall–Kier alpha value is -1.97. The van der Waals surface area contributed by atoms with E-state index >= 15 is 0 Å². The summed E-state index contributed by atoms with van der Waals surface area (Å²) in [6.07, 6.45) is 5.22. The molecule has 29 heavy (non-hydrogen) atoms. The lowest BCUT2D eigenvalue weighted by atomic mass is 9.96. The van der Waals surface area contributed by atoms with Crippen LogP contribution in [-0.4, -0.2) is 77.3 Å². The number of rotatable bonds is 4. The van der Waals surface area contributed by atoms with Gasteiger partial charge in [-0.15, -0.1) is 0 Å². The number of benzene rings is 1. The first-order valence-corrected chi connectivity index (χ1v) is 11.7. The Balaban J connectivity index is 1.43. The minimum Gasteiger partial charge on any atom is -0.335 e. The Labute approximate surface area is 172 Å². The highest BCUT2D eigenvalue weighted by molar-refractivity contribution is 7.86. The number of aryl methyl sites for hydroxylation is 1. The number of amides is 1. The van der Waals surface area contributed by atoms with Crippen molar-refractivity contribution in [3.63, 3.8) is 0 Å². The standard InChI is InChI=1S/C20H29N5O3S/c1-15-8-9-18-17(14-15)19(22-21-18)20(26)24-10-12-25(13-11-24)29(27,28)23(2)16-6-4-3-5-7-16/h8-9,14,16H,3-7,10-13H2,1-2H3,(H,21,22). The highest BCUT2D eigenvalue weighted by atomic mass is 32.2. The molecule has 8 nitrogen and oxygen atoms in total. The van der Waals surface area contributed by atoms with Crippen molar-refractivity contribution in [2.75, 3.05) is 33.2 Å². The zero-order valence-corrected chi connectivity index (χ0v) is 17.9. The molecule has 1 aliphatic carbocycles. The number of hydrogen-bond donors (Lipinski definition) is 1. The number of carbonyl (C=O) groups excluding carboxylic acids is 1. The summed E-state index contributed by atoms with van der Waals surface area (Å²) < 4.78 is 29.1. The molecule has 1 saturated carbocycles. The van der Waals surface area contributed by atoms with Crippen LogP contribution in [0.3, 0.4) is 0 Å². The summed E-state index contributed by atoms with van der Waals surface area (Å²) in [6, 6.07) is 5.93. The van der Waals surface area contributed by atoms with Gasteiger partial charge in [0, 0.05) is 44.7 Å². The number of piperazine rings is 1. The monoisotopic (exact) mass is 419 g/mol. The quantitative estimate of drug-likeness (QED) is 0.822. The third-order valence-corrected chi connectivity index (χ3v) is 8.27. The van der Waals surface area contributed by atoms with Gasteiger partial charge in [0.25, 0.3) is 16.1 Å². The van der Waals surface area contributed by atoms with Crippen LogP contribution in [0.4, 0.5) is 0 Å². The van der Waals surface area contributed by atoms with Gasteiger partial charge in [0.2, 0.25) is 0 Å². The first kappa shape index (κ1) is 20.3. The van der Waals surface area contributed by atoms with Crippen LogP contribution in [0.15, 0.2) is 18.2 Å². The number of aromatic nitrogens is 2. The number of aromatic amines is 1. The van der Waals surface area contributed by atoms with Gasteiger partial charge in [0.15, 0.2) is 5.69 Å². The summed E-state index contributed by atoms with van der Waals surface area (Å²) in [7, 11) is -1.80. The summed E-state index contributed by atoms with van der Waals surface area (Å²) >= 11 is 0. The molecule has 0 radical (unpaired) electrons. The highest BCUT2D eigenvalue weighted by Gasteiger charge is 2.36. The molecule has 9 heteroatoms. The summed E-state index contributed by atoms with van der Waals surface area (Å²) in [5, 5.41) is 7.93. The van der Waals surface area contributed by atoms with Gasteiger partial charge in [-0.1, -0.05) is 30.9 Å². The molecule has 0 spiro atoms. The van der Waals surface area contributed by atoms with E-state index in [4.69, 9.17) is 0 Å². The maximum atomic E-state index is 13.0. The molecule has 4 rings (SSSR count). The van der Waals surface area contributed by atoms with Gasteiger partial charge in [-0.3, -0.25) is 9.89 Å². The number of H-pyrrole nitrogens is 1. The molecule has 1 N–H and O–H groups in total. The topological polar surface area (TPSA) is 89.6 Å². The third-order valence-electron chi connectivity index (χ3n) is 6.23. The number of nitrogens with zero attached hydrogens (tertiary/aromatic N) is 4. The van der Waals surface area contributed by atoms with Crippen LogP contribution in [0.1, 0.15) is 48.2 Å². The predicted molar refractivity (Wildman–Crippen MR) is 112 cm³/mol. The van der Waals surface area contributed by atoms with Crippen LogP contribution in [0.5, 0.6) is 0 Å². The molecule has 1 saturated heterocycles. The van der Waals surface area contributed by atoms with Crippen molar-refractivity contribution in [3.05, 3.63) is 29.5 Å². The average molecular weight is 420 g/mol. The van der Waals surface area contributed by atoms with Crippen molar-refractivity contribution in [2.24, 2.45) is 0 Å². The average Bonchev–Trinajstić information content (AvgIpc) is 3.16. The molecule has 0 bridgehead atoms. The van der Waals surface area contributed by atoms with Crippen LogP contribution >= 0.6 is 0 Å². The van der Waals surface area contributed by atoms with Crippen LogP contribution in [0.2, 0.25) is 0 Å². The molecule has 1 aromatic carbocycles. The SMILES string of the molecule is Cc1ccc2[nH]nc(C(=O)N3CCN(S(=O)(=O)N(C)C4CCCCC4)CC3)c2c1. The molecule has 2 heterocycles. The van der Waals surface area contributed by atoms with Crippen molar-refractivity contribution in [1.29, 1.82) is 0 Å². The summed E-state index contributed by atoms with van der Waals surface area (Å²) in [5.74, 6) is -0.153. The zero-order valence-electron chi connectivity index (χ0n) is 17.1. The summed E-state index contributed by atoms with van der Waals surface area (Å²) in [4.78, 5) is 14.7. The Morgan fingerprint density at radius 1 is 1.14 bits per heavy atom. The molecule has 2 aliphatic rings. The summed E-state index contributed by atoms with van der Waals surface area (Å²) in [5.41, 5.74) is 2.29. The maximum absolute atomic E-state index is 13.0. The Bertz CT molecular complexity index is 989. The van der Waals surface area contributed by atoms with Crippen molar-refractivity contribution in [2.45, 2.75) is 45.1 Å². The summed E-state index contributed by atoms with van der Waals surface area (Å²) in [6.45, 7) is 3.35. The Morgan fingerprint density at radius 3 is 2.52 bits per heavy atom. The number of hydrogen-bond acceptors (Lipinski definition) is 4. The highest BCUT2D eigenvalue weighted by Crippen LogP contribution is 2.25. The second-order valence-electron chi connectivity index (χ2n) is 8.13. The lowest BCUT2D eigenvalue weighted by molar-refractivity contribution is 0.0689. The molecular formula is C20H29N5O3S. The van der Waals surface area contributed by atoms with Gasteiger partial charge in [0.1, 0.15) is 0 Å². The fraction of sp³-hybridized carbons (Fsp3) is 0.600. The van der Waals surface area contributed by atoms with Crippen molar-refractivity contribution >= 4 is 27.0 Å². The predicted octanol–water partition coefficient (Wildman–Crippen LogP) is 2.14. The Morgan fingerprint density at radius 2 is 1.83 bits per heavy atom. The van der Waals surface area contributed by atoms with Crippen LogP contribution in [0, 0.1) is 6.92 Å². The molecule has 2 aromatic rings. The second-order valence-corrected chi connectivity index (χ2v) is 10.1. The molecule has 2 fully saturated rings. The maximum Gasteiger partial charge on any atom is 0.282 e. The van der Waals surface area contributed by atoms with Crippen molar-refractivity contribution in [3.8, 4) is 0 Å². The van der Waals surface area contributed by atoms with E-state index in [1.165, 1.54) is 10.7 Å². The fourth-order valence-electron chi connectivity index (χ4n) is 4.38. The first-order valence-electron chi connectivity index (χ1n) is 10.3. The van der Waals surface area contributed by atoms with Crippen molar-refractivity contribution in [1.82, 2.24) is 23.7 Å². The van der Waals surface area contributed by atoms with E-state index in [-0.39, 0.29) is 11.9 Å². The van der Waals surface area contributed by atoms with Gasteiger partial charge in [-0.2, -0.15) is 22.1 Å². The normalized spacial score (nSPS) is 19.9. The van der Waals surface area contributed by atoms with E-state index < -0.39 is 10.2 Å². The first-order chi connectivity index (χ1) is 13.9. The van der Waals surface area contributed by atoms with E-state index in [2.05, 4.69) is 10.2 Å². The third kappa shape index (κ3) is 3.91. The number of fused-ring (bicyclic) bond motifs is 1. The van der Waals surface area contributed by atoms with E-state index in [1.807, 2.05) is 25.1 Å². The minimum absolute atomic E-state index is 0.0899. The van der Waals surface area contributed by atoms with Gasteiger partial charge >= 0.3 is 0 Å². The van der Waals surface area contributed by atoms with Crippen LogP contribution in [-0.2, 0) is 10.2 Å². The molecule has 1 aromatic heterocycles.